The molecule has 5 heteroatoms. The Morgan fingerprint density at radius 2 is 1.58 bits per heavy atom. The van der Waals surface area contributed by atoms with Crippen LogP contribution in [0.25, 0.3) is 0 Å². The van der Waals surface area contributed by atoms with Crippen LogP contribution in [0.4, 0.5) is 13.2 Å². The first-order valence-electron chi connectivity index (χ1n) is 3.04. The topological polar surface area (TPSA) is 0 Å². The summed E-state index contributed by atoms with van der Waals surface area (Å²) in [6.07, 6.45) is 0. The Hall–Kier alpha value is -0.350. The summed E-state index contributed by atoms with van der Waals surface area (Å²) < 4.78 is 36.0. The van der Waals surface area contributed by atoms with Crippen molar-refractivity contribution >= 4 is 20.8 Å². The number of hydrogen-bond donors (Lipinski definition) is 0. The van der Waals surface area contributed by atoms with E-state index in [4.69, 9.17) is 10.7 Å². The molecule has 1 atom stereocenters. The van der Waals surface area contributed by atoms with Crippen LogP contribution in [0.2, 0.25) is 0 Å². The van der Waals surface area contributed by atoms with Gasteiger partial charge in [-0.2, -0.15) is 0 Å². The molecule has 0 N–H and O–H groups in total. The maximum absolute atomic E-state index is 12.0. The molecular formula is C7H5ClF3S+. The second kappa shape index (κ2) is 3.58. The molecule has 66 valence electrons. The third-order valence-electron chi connectivity index (χ3n) is 1.15. The number of benzene rings is 1. The lowest BCUT2D eigenvalue weighted by Crippen LogP contribution is -2.17. The number of rotatable bonds is 1. The Labute approximate surface area is 75.2 Å². The minimum absolute atomic E-state index is 0.103. The predicted octanol–water partition coefficient (Wildman–Crippen LogP) is 3.34. The van der Waals surface area contributed by atoms with Gasteiger partial charge < -0.3 is 0 Å². The zero-order chi connectivity index (χ0) is 9.19. The molecule has 1 aromatic carbocycles. The SMILES string of the molecule is FC(F)(F)[S+](Cl)c1ccccc1. The van der Waals surface area contributed by atoms with Gasteiger partial charge in [0.1, 0.15) is 0 Å². The van der Waals surface area contributed by atoms with Gasteiger partial charge in [-0.3, -0.25) is 0 Å². The average Bonchev–Trinajstić information content (AvgIpc) is 2.03. The normalized spacial score (nSPS) is 14.3. The minimum Gasteiger partial charge on any atom is -0.121 e. The Morgan fingerprint density at radius 1 is 1.08 bits per heavy atom. The molecule has 0 bridgehead atoms. The predicted molar refractivity (Wildman–Crippen MR) is 44.0 cm³/mol. The molecule has 0 saturated carbocycles. The summed E-state index contributed by atoms with van der Waals surface area (Å²) in [4.78, 5) is 0.103. The van der Waals surface area contributed by atoms with Gasteiger partial charge in [-0.1, -0.05) is 18.2 Å². The number of alkyl halides is 3. The molecule has 0 aromatic heterocycles. The summed E-state index contributed by atoms with van der Waals surface area (Å²) in [6.45, 7) is 0. The molecule has 0 fully saturated rings. The molecule has 0 nitrogen and oxygen atoms in total. The molecule has 1 rings (SSSR count). The Bertz CT molecular complexity index is 247. The monoisotopic (exact) mass is 213 g/mol. The molecule has 0 amide bonds. The first-order chi connectivity index (χ1) is 5.52. The fourth-order valence-electron chi connectivity index (χ4n) is 0.674. The van der Waals surface area contributed by atoms with E-state index in [1.807, 2.05) is 0 Å². The van der Waals surface area contributed by atoms with Gasteiger partial charge in [0.25, 0.3) is 10.1 Å². The van der Waals surface area contributed by atoms with Crippen LogP contribution >= 0.6 is 10.7 Å². The molecular weight excluding hydrogens is 209 g/mol. The third kappa shape index (κ3) is 2.32. The van der Waals surface area contributed by atoms with E-state index >= 15 is 0 Å². The van der Waals surface area contributed by atoms with Crippen LogP contribution in [-0.4, -0.2) is 5.51 Å². The molecule has 0 heterocycles. The molecule has 0 aliphatic carbocycles. The summed E-state index contributed by atoms with van der Waals surface area (Å²) >= 11 is 0. The summed E-state index contributed by atoms with van der Waals surface area (Å²) in [6, 6.07) is 7.44. The van der Waals surface area contributed by atoms with Crippen molar-refractivity contribution in [3.63, 3.8) is 0 Å². The molecule has 1 aromatic rings. The molecule has 1 unspecified atom stereocenters. The molecule has 0 aliphatic rings. The first-order valence-corrected chi connectivity index (χ1v) is 5.09. The Kier molecular flexibility index (Phi) is 2.90. The zero-order valence-corrected chi connectivity index (χ0v) is 7.38. The second-order valence-electron chi connectivity index (χ2n) is 2.02. The lowest BCUT2D eigenvalue weighted by atomic mass is 10.4. The first kappa shape index (κ1) is 9.74. The largest absolute Gasteiger partial charge is 0.599 e. The van der Waals surface area contributed by atoms with Gasteiger partial charge in [-0.15, -0.1) is 13.2 Å². The quantitative estimate of drug-likeness (QED) is 0.628. The Morgan fingerprint density at radius 3 is 2.00 bits per heavy atom. The second-order valence-corrected chi connectivity index (χ2v) is 4.39. The van der Waals surface area contributed by atoms with Crippen LogP contribution in [0.1, 0.15) is 0 Å². The van der Waals surface area contributed by atoms with Gasteiger partial charge in [0.05, 0.1) is 0 Å². The van der Waals surface area contributed by atoms with Crippen LogP contribution in [0.5, 0.6) is 0 Å². The van der Waals surface area contributed by atoms with Crippen LogP contribution in [0.15, 0.2) is 35.2 Å². The average molecular weight is 214 g/mol. The van der Waals surface area contributed by atoms with Crippen LogP contribution in [0, 0.1) is 0 Å². The lowest BCUT2D eigenvalue weighted by Gasteiger charge is -2.00. The summed E-state index contributed by atoms with van der Waals surface area (Å²) in [5.74, 6) is 0. The zero-order valence-electron chi connectivity index (χ0n) is 5.81. The van der Waals surface area contributed by atoms with Crippen molar-refractivity contribution in [2.45, 2.75) is 10.4 Å². The summed E-state index contributed by atoms with van der Waals surface area (Å²) in [7, 11) is 3.01. The van der Waals surface area contributed by atoms with Crippen molar-refractivity contribution in [2.75, 3.05) is 0 Å². The van der Waals surface area contributed by atoms with Gasteiger partial charge in [-0.05, 0) is 12.1 Å². The molecule has 0 aliphatic heterocycles. The van der Waals surface area contributed by atoms with E-state index in [1.165, 1.54) is 24.3 Å². The van der Waals surface area contributed by atoms with Crippen molar-refractivity contribution < 1.29 is 13.2 Å². The Balaban J connectivity index is 2.86. The van der Waals surface area contributed by atoms with Crippen molar-refractivity contribution in [3.8, 4) is 0 Å². The van der Waals surface area contributed by atoms with Gasteiger partial charge in [0.15, 0.2) is 15.6 Å². The number of halogens is 4. The highest BCUT2D eigenvalue weighted by Crippen LogP contribution is 2.35. The summed E-state index contributed by atoms with van der Waals surface area (Å²) in [5.41, 5.74) is -4.34. The fraction of sp³-hybridized carbons (Fsp3) is 0.143. The highest BCUT2D eigenvalue weighted by Gasteiger charge is 2.53. The van der Waals surface area contributed by atoms with Crippen molar-refractivity contribution in [1.82, 2.24) is 0 Å². The van der Waals surface area contributed by atoms with E-state index in [9.17, 15) is 13.2 Å². The van der Waals surface area contributed by atoms with Crippen LogP contribution in [0.3, 0.4) is 0 Å². The van der Waals surface area contributed by atoms with Crippen LogP contribution < -0.4 is 0 Å². The van der Waals surface area contributed by atoms with Gasteiger partial charge in [0, 0.05) is 0 Å². The molecule has 0 saturated heterocycles. The maximum atomic E-state index is 12.0. The van der Waals surface area contributed by atoms with E-state index in [2.05, 4.69) is 0 Å². The highest BCUT2D eigenvalue weighted by atomic mass is 35.7. The maximum Gasteiger partial charge on any atom is 0.599 e. The van der Waals surface area contributed by atoms with Gasteiger partial charge in [-0.25, -0.2) is 0 Å². The van der Waals surface area contributed by atoms with Gasteiger partial charge >= 0.3 is 5.51 Å². The smallest absolute Gasteiger partial charge is 0.121 e. The van der Waals surface area contributed by atoms with E-state index in [1.54, 1.807) is 6.07 Å². The fourth-order valence-corrected chi connectivity index (χ4v) is 1.65. The van der Waals surface area contributed by atoms with Gasteiger partial charge in [0.2, 0.25) is 0 Å². The van der Waals surface area contributed by atoms with E-state index < -0.39 is 15.6 Å². The third-order valence-corrected chi connectivity index (χ3v) is 3.31. The van der Waals surface area contributed by atoms with Crippen molar-refractivity contribution in [1.29, 1.82) is 0 Å². The van der Waals surface area contributed by atoms with E-state index in [0.29, 0.717) is 0 Å². The molecule has 12 heavy (non-hydrogen) atoms. The molecule has 0 radical (unpaired) electrons. The molecule has 0 spiro atoms. The highest BCUT2D eigenvalue weighted by molar-refractivity contribution is 8.18. The van der Waals surface area contributed by atoms with Crippen molar-refractivity contribution in [3.05, 3.63) is 30.3 Å². The van der Waals surface area contributed by atoms with E-state index in [0.717, 1.165) is 0 Å². The van der Waals surface area contributed by atoms with Crippen molar-refractivity contribution in [2.24, 2.45) is 0 Å². The van der Waals surface area contributed by atoms with Crippen LogP contribution in [-0.2, 0) is 10.1 Å². The van der Waals surface area contributed by atoms with E-state index in [-0.39, 0.29) is 4.90 Å². The lowest BCUT2D eigenvalue weighted by molar-refractivity contribution is -0.0352. The number of hydrogen-bond acceptors (Lipinski definition) is 0. The summed E-state index contributed by atoms with van der Waals surface area (Å²) in [5, 5.41) is 0. The standard InChI is InChI=1S/C7H5ClF3S/c8-12(7(9,10)11)6-4-2-1-3-5-6/h1-5H/q+1. The minimum atomic E-state index is -4.34.